The quantitative estimate of drug-likeness (QED) is 0.592. The van der Waals surface area contributed by atoms with Crippen molar-refractivity contribution in [3.8, 4) is 0 Å². The van der Waals surface area contributed by atoms with Crippen molar-refractivity contribution in [2.75, 3.05) is 36.0 Å². The zero-order valence-electron chi connectivity index (χ0n) is 14.4. The van der Waals surface area contributed by atoms with Gasteiger partial charge >= 0.3 is 6.18 Å². The Kier molecular flexibility index (Phi) is 4.70. The van der Waals surface area contributed by atoms with Crippen molar-refractivity contribution in [1.82, 2.24) is 15.0 Å². The van der Waals surface area contributed by atoms with E-state index >= 15 is 0 Å². The van der Waals surface area contributed by atoms with Crippen molar-refractivity contribution in [1.29, 1.82) is 0 Å². The van der Waals surface area contributed by atoms with Crippen molar-refractivity contribution in [2.45, 2.75) is 6.18 Å². The third-order valence-electron chi connectivity index (χ3n) is 4.60. The molecule has 4 rings (SSSR count). The van der Waals surface area contributed by atoms with Gasteiger partial charge < -0.3 is 9.80 Å². The molecule has 1 saturated heterocycles. The summed E-state index contributed by atoms with van der Waals surface area (Å²) in [5, 5.41) is 0.636. The number of nitrogens with zero attached hydrogens (tertiary/aromatic N) is 5. The fraction of sp³-hybridized carbons (Fsp3) is 0.278. The van der Waals surface area contributed by atoms with Crippen molar-refractivity contribution in [2.24, 2.45) is 0 Å². The van der Waals surface area contributed by atoms with E-state index < -0.39 is 17.7 Å². The van der Waals surface area contributed by atoms with Gasteiger partial charge in [0.1, 0.15) is 11.5 Å². The molecule has 1 aliphatic rings. The van der Waals surface area contributed by atoms with E-state index in [0.29, 0.717) is 37.1 Å². The summed E-state index contributed by atoms with van der Waals surface area (Å²) in [6.45, 7) is 1.90. The molecular weight excluding hydrogens is 398 g/mol. The maximum Gasteiger partial charge on any atom is 0.433 e. The molecule has 5 nitrogen and oxygen atoms in total. The Morgan fingerprint density at radius 2 is 1.61 bits per heavy atom. The molecule has 3 heterocycles. The maximum absolute atomic E-state index is 13.9. The molecule has 3 aromatic rings. The number of hydrogen-bond donors (Lipinski definition) is 0. The molecule has 28 heavy (non-hydrogen) atoms. The molecule has 0 radical (unpaired) electrons. The highest BCUT2D eigenvalue weighted by atomic mass is 35.5. The standard InChI is InChI=1S/C18H14ClF4N5/c19-12-10-14-11(9-13(12)20)15(1-3-24-14)27-5-7-28(8-6-27)17-25-4-2-16(26-17)18(21,22)23/h1-4,9-10H,5-8H2. The van der Waals surface area contributed by atoms with Crippen molar-refractivity contribution in [3.05, 3.63) is 53.2 Å². The minimum absolute atomic E-state index is 0.00339. The van der Waals surface area contributed by atoms with Crippen molar-refractivity contribution < 1.29 is 17.6 Å². The molecular formula is C18H14ClF4N5. The third-order valence-corrected chi connectivity index (χ3v) is 4.89. The molecule has 1 fully saturated rings. The highest BCUT2D eigenvalue weighted by Gasteiger charge is 2.33. The van der Waals surface area contributed by atoms with E-state index in [1.807, 2.05) is 4.90 Å². The Labute approximate surface area is 162 Å². The highest BCUT2D eigenvalue weighted by Crippen LogP contribution is 2.31. The van der Waals surface area contributed by atoms with E-state index in [9.17, 15) is 17.6 Å². The minimum Gasteiger partial charge on any atom is -0.367 e. The van der Waals surface area contributed by atoms with Gasteiger partial charge in [-0.15, -0.1) is 0 Å². The van der Waals surface area contributed by atoms with Crippen LogP contribution in [0.25, 0.3) is 10.9 Å². The van der Waals surface area contributed by atoms with Crippen LogP contribution in [0, 0.1) is 5.82 Å². The fourth-order valence-electron chi connectivity index (χ4n) is 3.21. The van der Waals surface area contributed by atoms with Crippen LogP contribution in [0.1, 0.15) is 5.69 Å². The number of piperazine rings is 1. The van der Waals surface area contributed by atoms with E-state index in [1.165, 1.54) is 12.1 Å². The monoisotopic (exact) mass is 411 g/mol. The van der Waals surface area contributed by atoms with Gasteiger partial charge in [-0.1, -0.05) is 11.6 Å². The average molecular weight is 412 g/mol. The predicted octanol–water partition coefficient (Wildman–Crippen LogP) is 4.16. The lowest BCUT2D eigenvalue weighted by Gasteiger charge is -2.36. The largest absolute Gasteiger partial charge is 0.433 e. The molecule has 0 N–H and O–H groups in total. The Bertz CT molecular complexity index is 1020. The Hall–Kier alpha value is -2.68. The molecule has 1 aromatic carbocycles. The lowest BCUT2D eigenvalue weighted by atomic mass is 10.1. The van der Waals surface area contributed by atoms with Gasteiger partial charge in [0.05, 0.1) is 10.5 Å². The first-order chi connectivity index (χ1) is 13.3. The lowest BCUT2D eigenvalue weighted by molar-refractivity contribution is -0.141. The van der Waals surface area contributed by atoms with E-state index in [2.05, 4.69) is 15.0 Å². The molecule has 10 heteroatoms. The summed E-state index contributed by atoms with van der Waals surface area (Å²) < 4.78 is 52.5. The van der Waals surface area contributed by atoms with Gasteiger partial charge in [0.25, 0.3) is 0 Å². The number of anilines is 2. The van der Waals surface area contributed by atoms with Gasteiger partial charge in [0.2, 0.25) is 5.95 Å². The van der Waals surface area contributed by atoms with Crippen LogP contribution >= 0.6 is 11.6 Å². The van der Waals surface area contributed by atoms with E-state index in [-0.39, 0.29) is 11.0 Å². The van der Waals surface area contributed by atoms with Crippen molar-refractivity contribution in [3.63, 3.8) is 0 Å². The molecule has 0 atom stereocenters. The van der Waals surface area contributed by atoms with Gasteiger partial charge in [-0.25, -0.2) is 14.4 Å². The number of hydrogen-bond acceptors (Lipinski definition) is 5. The minimum atomic E-state index is -4.51. The van der Waals surface area contributed by atoms with Gasteiger partial charge in [-0.3, -0.25) is 4.98 Å². The van der Waals surface area contributed by atoms with E-state index in [0.717, 1.165) is 18.0 Å². The van der Waals surface area contributed by atoms with Gasteiger partial charge in [-0.05, 0) is 24.3 Å². The first-order valence-corrected chi connectivity index (χ1v) is 8.84. The number of benzene rings is 1. The van der Waals surface area contributed by atoms with Crippen LogP contribution in [0.5, 0.6) is 0 Å². The number of pyridine rings is 1. The summed E-state index contributed by atoms with van der Waals surface area (Å²) in [7, 11) is 0. The molecule has 0 saturated carbocycles. The summed E-state index contributed by atoms with van der Waals surface area (Å²) in [6.07, 6.45) is -1.78. The molecule has 0 aliphatic carbocycles. The van der Waals surface area contributed by atoms with Crippen molar-refractivity contribution >= 4 is 34.1 Å². The molecule has 0 bridgehead atoms. The van der Waals surface area contributed by atoms with Crippen LogP contribution < -0.4 is 9.80 Å². The second kappa shape index (κ2) is 7.05. The number of aromatic nitrogens is 3. The summed E-state index contributed by atoms with van der Waals surface area (Å²) >= 11 is 5.83. The SMILES string of the molecule is Fc1cc2c(N3CCN(c4nccc(C(F)(F)F)n4)CC3)ccnc2cc1Cl. The summed E-state index contributed by atoms with van der Waals surface area (Å²) in [4.78, 5) is 15.6. The Morgan fingerprint density at radius 1 is 0.929 bits per heavy atom. The number of fused-ring (bicyclic) bond motifs is 1. The first kappa shape index (κ1) is 18.7. The van der Waals surface area contributed by atoms with E-state index in [4.69, 9.17) is 11.6 Å². The second-order valence-corrected chi connectivity index (χ2v) is 6.73. The van der Waals surface area contributed by atoms with Crippen LogP contribution in [0.2, 0.25) is 5.02 Å². The summed E-state index contributed by atoms with van der Waals surface area (Å²) in [5.41, 5.74) is 0.408. The maximum atomic E-state index is 13.9. The Morgan fingerprint density at radius 3 is 2.32 bits per heavy atom. The van der Waals surface area contributed by atoms with Gasteiger partial charge in [-0.2, -0.15) is 13.2 Å². The van der Waals surface area contributed by atoms with Gasteiger partial charge in [0.15, 0.2) is 0 Å². The lowest BCUT2D eigenvalue weighted by Crippen LogP contribution is -2.47. The molecule has 146 valence electrons. The van der Waals surface area contributed by atoms with Crippen LogP contribution in [0.3, 0.4) is 0 Å². The van der Waals surface area contributed by atoms with Gasteiger partial charge in [0, 0.05) is 49.6 Å². The number of alkyl halides is 3. The fourth-order valence-corrected chi connectivity index (χ4v) is 3.37. The van der Waals surface area contributed by atoms with Crippen LogP contribution in [0.15, 0.2) is 36.7 Å². The van der Waals surface area contributed by atoms with Crippen LogP contribution in [0.4, 0.5) is 29.2 Å². The number of rotatable bonds is 2. The molecule has 2 aromatic heterocycles. The molecule has 0 amide bonds. The highest BCUT2D eigenvalue weighted by molar-refractivity contribution is 6.31. The predicted molar refractivity (Wildman–Crippen MR) is 98.2 cm³/mol. The normalized spacial score (nSPS) is 15.3. The molecule has 1 aliphatic heterocycles. The molecule has 0 unspecified atom stereocenters. The third kappa shape index (κ3) is 3.54. The topological polar surface area (TPSA) is 45.2 Å². The number of halogens is 5. The molecule has 0 spiro atoms. The second-order valence-electron chi connectivity index (χ2n) is 6.33. The van der Waals surface area contributed by atoms with Crippen LogP contribution in [-0.2, 0) is 6.18 Å². The van der Waals surface area contributed by atoms with Crippen LogP contribution in [-0.4, -0.2) is 41.1 Å². The summed E-state index contributed by atoms with van der Waals surface area (Å²) in [5.74, 6) is -0.480. The summed E-state index contributed by atoms with van der Waals surface area (Å²) in [6, 6.07) is 5.46. The first-order valence-electron chi connectivity index (χ1n) is 8.47. The zero-order chi connectivity index (χ0) is 19.9. The Balaban J connectivity index is 1.55. The smallest absolute Gasteiger partial charge is 0.367 e. The average Bonchev–Trinajstić information content (AvgIpc) is 2.68. The van der Waals surface area contributed by atoms with E-state index in [1.54, 1.807) is 17.2 Å². The zero-order valence-corrected chi connectivity index (χ0v) is 15.2.